The maximum Gasteiger partial charge on any atom is 0.308 e. The van der Waals surface area contributed by atoms with E-state index in [0.717, 1.165) is 10.4 Å². The molecule has 1 unspecified atom stereocenters. The van der Waals surface area contributed by atoms with Crippen LogP contribution in [0.15, 0.2) is 52.4 Å². The number of nitrogens with one attached hydrogen (secondary N) is 1. The quantitative estimate of drug-likeness (QED) is 0.587. The number of thiophene rings is 1. The Bertz CT molecular complexity index is 878. The second-order valence-electron chi connectivity index (χ2n) is 6.02. The van der Waals surface area contributed by atoms with Gasteiger partial charge >= 0.3 is 5.97 Å². The summed E-state index contributed by atoms with van der Waals surface area (Å²) in [5, 5.41) is 17.9. The Balaban J connectivity index is 1.46. The number of aliphatic carboxylic acids is 1. The highest BCUT2D eigenvalue weighted by atomic mass is 32.1. The van der Waals surface area contributed by atoms with Gasteiger partial charge in [-0.2, -0.15) is 4.98 Å². The molecule has 0 aliphatic heterocycles. The third-order valence-electron chi connectivity index (χ3n) is 4.00. The highest BCUT2D eigenvalue weighted by molar-refractivity contribution is 7.13. The Morgan fingerprint density at radius 1 is 1.19 bits per heavy atom. The van der Waals surface area contributed by atoms with Crippen LogP contribution in [0.25, 0.3) is 10.7 Å². The molecule has 27 heavy (non-hydrogen) atoms. The van der Waals surface area contributed by atoms with Gasteiger partial charge in [-0.05, 0) is 23.4 Å². The summed E-state index contributed by atoms with van der Waals surface area (Å²) in [6.07, 6.45) is 0.828. The molecule has 3 aromatic rings. The lowest BCUT2D eigenvalue weighted by molar-refractivity contribution is -0.141. The minimum absolute atomic E-state index is 0.0767. The van der Waals surface area contributed by atoms with Gasteiger partial charge in [-0.1, -0.05) is 41.6 Å². The second kappa shape index (κ2) is 9.09. The van der Waals surface area contributed by atoms with Crippen molar-refractivity contribution in [2.45, 2.75) is 19.3 Å². The van der Waals surface area contributed by atoms with E-state index in [-0.39, 0.29) is 18.9 Å². The first-order chi connectivity index (χ1) is 13.1. The Hall–Kier alpha value is -3.00. The van der Waals surface area contributed by atoms with E-state index in [1.807, 2.05) is 47.8 Å². The zero-order valence-corrected chi connectivity index (χ0v) is 15.3. The van der Waals surface area contributed by atoms with Crippen LogP contribution in [-0.2, 0) is 22.4 Å². The minimum atomic E-state index is -0.934. The molecular weight excluding hydrogens is 366 g/mol. The van der Waals surface area contributed by atoms with Gasteiger partial charge in [0.1, 0.15) is 0 Å². The van der Waals surface area contributed by atoms with Gasteiger partial charge in [-0.3, -0.25) is 9.59 Å². The molecule has 1 amide bonds. The maximum absolute atomic E-state index is 12.0. The summed E-state index contributed by atoms with van der Waals surface area (Å²) in [4.78, 5) is 28.6. The Labute approximate surface area is 160 Å². The number of hydrogen-bond donors (Lipinski definition) is 2. The summed E-state index contributed by atoms with van der Waals surface area (Å²) in [6.45, 7) is 0.0767. The number of carbonyl (C=O) groups is 2. The van der Waals surface area contributed by atoms with Crippen molar-refractivity contribution in [2.24, 2.45) is 5.92 Å². The van der Waals surface area contributed by atoms with E-state index in [4.69, 9.17) is 4.52 Å². The normalized spacial score (nSPS) is 11.9. The SMILES string of the molecule is O=C(CCc1nc(-c2cccs2)no1)NCC(Cc1ccccc1)C(=O)O. The van der Waals surface area contributed by atoms with Crippen LogP contribution in [0.5, 0.6) is 0 Å². The first-order valence-electron chi connectivity index (χ1n) is 8.51. The van der Waals surface area contributed by atoms with Crippen LogP contribution >= 0.6 is 11.3 Å². The van der Waals surface area contributed by atoms with Gasteiger partial charge in [-0.25, -0.2) is 0 Å². The van der Waals surface area contributed by atoms with E-state index >= 15 is 0 Å². The Morgan fingerprint density at radius 3 is 2.70 bits per heavy atom. The molecule has 0 aliphatic rings. The molecule has 0 saturated carbocycles. The fourth-order valence-corrected chi connectivity index (χ4v) is 3.20. The van der Waals surface area contributed by atoms with Crippen molar-refractivity contribution in [3.63, 3.8) is 0 Å². The van der Waals surface area contributed by atoms with E-state index < -0.39 is 11.9 Å². The van der Waals surface area contributed by atoms with Crippen LogP contribution in [0.4, 0.5) is 0 Å². The van der Waals surface area contributed by atoms with Crippen LogP contribution in [0.2, 0.25) is 0 Å². The lowest BCUT2D eigenvalue weighted by Crippen LogP contribution is -2.34. The van der Waals surface area contributed by atoms with E-state index in [2.05, 4.69) is 15.5 Å². The van der Waals surface area contributed by atoms with Crippen LogP contribution in [0.1, 0.15) is 17.9 Å². The summed E-state index contributed by atoms with van der Waals surface area (Å²) in [5.74, 6) is -0.964. The van der Waals surface area contributed by atoms with Crippen molar-refractivity contribution < 1.29 is 19.2 Å². The Morgan fingerprint density at radius 2 is 2.00 bits per heavy atom. The number of carboxylic acids is 1. The van der Waals surface area contributed by atoms with Crippen molar-refractivity contribution in [1.82, 2.24) is 15.5 Å². The van der Waals surface area contributed by atoms with Gasteiger partial charge in [0.05, 0.1) is 10.8 Å². The predicted octanol–water partition coefficient (Wildman–Crippen LogP) is 2.79. The van der Waals surface area contributed by atoms with Gasteiger partial charge in [0, 0.05) is 19.4 Å². The van der Waals surface area contributed by atoms with E-state index in [0.29, 0.717) is 24.6 Å². The number of carboxylic acid groups (broad SMARTS) is 1. The largest absolute Gasteiger partial charge is 0.481 e. The van der Waals surface area contributed by atoms with Crippen LogP contribution in [0.3, 0.4) is 0 Å². The standard InChI is InChI=1S/C19H19N3O4S/c23-16(8-9-17-21-18(22-26-17)15-7-4-10-27-15)20-12-14(19(24)25)11-13-5-2-1-3-6-13/h1-7,10,14H,8-9,11-12H2,(H,20,23)(H,24,25). The molecule has 0 aliphatic carbocycles. The van der Waals surface area contributed by atoms with Crippen molar-refractivity contribution in [1.29, 1.82) is 0 Å². The van der Waals surface area contributed by atoms with Crippen LogP contribution < -0.4 is 5.32 Å². The van der Waals surface area contributed by atoms with E-state index in [1.54, 1.807) is 0 Å². The molecule has 0 saturated heterocycles. The number of hydrogen-bond acceptors (Lipinski definition) is 6. The van der Waals surface area contributed by atoms with Gasteiger partial charge in [0.15, 0.2) is 0 Å². The number of benzene rings is 1. The smallest absolute Gasteiger partial charge is 0.308 e. The monoisotopic (exact) mass is 385 g/mol. The van der Waals surface area contributed by atoms with Crippen molar-refractivity contribution in [3.8, 4) is 10.7 Å². The maximum atomic E-state index is 12.0. The second-order valence-corrected chi connectivity index (χ2v) is 6.97. The number of aryl methyl sites for hydroxylation is 1. The molecule has 3 rings (SSSR count). The summed E-state index contributed by atoms with van der Waals surface area (Å²) in [7, 11) is 0. The summed E-state index contributed by atoms with van der Waals surface area (Å²) < 4.78 is 5.15. The number of aromatic nitrogens is 2. The molecule has 1 aromatic carbocycles. The number of rotatable bonds is 9. The average Bonchev–Trinajstić information content (AvgIpc) is 3.35. The van der Waals surface area contributed by atoms with E-state index in [9.17, 15) is 14.7 Å². The zero-order valence-electron chi connectivity index (χ0n) is 14.5. The zero-order chi connectivity index (χ0) is 19.1. The molecule has 0 fully saturated rings. The molecule has 8 heteroatoms. The van der Waals surface area contributed by atoms with Crippen LogP contribution in [-0.4, -0.2) is 33.7 Å². The van der Waals surface area contributed by atoms with Gasteiger partial charge in [0.2, 0.25) is 17.6 Å². The van der Waals surface area contributed by atoms with Crippen molar-refractivity contribution >= 4 is 23.2 Å². The highest BCUT2D eigenvalue weighted by Gasteiger charge is 2.19. The molecular formula is C19H19N3O4S. The fourth-order valence-electron chi connectivity index (χ4n) is 2.55. The minimum Gasteiger partial charge on any atom is -0.481 e. The molecule has 0 spiro atoms. The number of carbonyl (C=O) groups excluding carboxylic acids is 1. The number of nitrogens with zero attached hydrogens (tertiary/aromatic N) is 2. The van der Waals surface area contributed by atoms with Gasteiger partial charge in [-0.15, -0.1) is 11.3 Å². The first kappa shape index (κ1) is 18.8. The lowest BCUT2D eigenvalue weighted by atomic mass is 9.99. The Kier molecular flexibility index (Phi) is 6.32. The first-order valence-corrected chi connectivity index (χ1v) is 9.39. The van der Waals surface area contributed by atoms with Crippen LogP contribution in [0, 0.1) is 5.92 Å². The summed E-state index contributed by atoms with van der Waals surface area (Å²) in [5.41, 5.74) is 0.922. The van der Waals surface area contributed by atoms with Gasteiger partial charge < -0.3 is 14.9 Å². The topological polar surface area (TPSA) is 105 Å². The van der Waals surface area contributed by atoms with Crippen molar-refractivity contribution in [2.75, 3.05) is 6.54 Å². The van der Waals surface area contributed by atoms with Crippen molar-refractivity contribution in [3.05, 3.63) is 59.3 Å². The molecule has 2 aromatic heterocycles. The number of amides is 1. The molecule has 2 heterocycles. The molecule has 7 nitrogen and oxygen atoms in total. The lowest BCUT2D eigenvalue weighted by Gasteiger charge is -2.13. The summed E-state index contributed by atoms with van der Waals surface area (Å²) in [6, 6.07) is 13.1. The van der Waals surface area contributed by atoms with E-state index in [1.165, 1.54) is 11.3 Å². The average molecular weight is 385 g/mol. The predicted molar refractivity (Wildman–Crippen MR) is 100 cm³/mol. The van der Waals surface area contributed by atoms with Gasteiger partial charge in [0.25, 0.3) is 0 Å². The third-order valence-corrected chi connectivity index (χ3v) is 4.86. The summed E-state index contributed by atoms with van der Waals surface area (Å²) >= 11 is 1.51. The molecule has 0 bridgehead atoms. The third kappa shape index (κ3) is 5.49. The molecule has 1 atom stereocenters. The highest BCUT2D eigenvalue weighted by Crippen LogP contribution is 2.21. The molecule has 140 valence electrons. The molecule has 2 N–H and O–H groups in total. The fraction of sp³-hybridized carbons (Fsp3) is 0.263. The molecule has 0 radical (unpaired) electrons.